The zero-order valence-electron chi connectivity index (χ0n) is 17.0. The van der Waals surface area contributed by atoms with Crippen LogP contribution in [0.3, 0.4) is 0 Å². The van der Waals surface area contributed by atoms with Crippen molar-refractivity contribution >= 4 is 5.97 Å². The van der Waals surface area contributed by atoms with E-state index in [0.29, 0.717) is 29.2 Å². The Morgan fingerprint density at radius 3 is 2.34 bits per heavy atom. The van der Waals surface area contributed by atoms with Gasteiger partial charge >= 0.3 is 17.1 Å². The lowest BCUT2D eigenvalue weighted by Crippen LogP contribution is -2.40. The Bertz CT molecular complexity index is 1370. The van der Waals surface area contributed by atoms with Gasteiger partial charge in [-0.3, -0.25) is 14.2 Å². The minimum atomic E-state index is -0.763. The predicted octanol–water partition coefficient (Wildman–Crippen LogP) is 1.94. The molecule has 0 radical (unpaired) electrons. The molecule has 2 heterocycles. The molecule has 0 aliphatic heterocycles. The van der Waals surface area contributed by atoms with Crippen molar-refractivity contribution in [2.45, 2.75) is 13.5 Å². The number of nitrogens with zero attached hydrogens (tertiary/aromatic N) is 5. The minimum Gasteiger partial charge on any atom is -0.462 e. The van der Waals surface area contributed by atoms with E-state index >= 15 is 0 Å². The Balaban J connectivity index is 1.54. The first-order valence-corrected chi connectivity index (χ1v) is 9.73. The van der Waals surface area contributed by atoms with Crippen molar-refractivity contribution in [1.29, 1.82) is 0 Å². The van der Waals surface area contributed by atoms with Gasteiger partial charge in [0.05, 0.1) is 30.6 Å². The van der Waals surface area contributed by atoms with Gasteiger partial charge in [-0.15, -0.1) is 5.10 Å². The van der Waals surface area contributed by atoms with E-state index in [4.69, 9.17) is 4.74 Å². The van der Waals surface area contributed by atoms with Crippen LogP contribution in [-0.2, 0) is 11.3 Å². The highest BCUT2D eigenvalue weighted by molar-refractivity contribution is 5.89. The van der Waals surface area contributed by atoms with Gasteiger partial charge in [-0.25, -0.2) is 13.9 Å². The zero-order chi connectivity index (χ0) is 22.7. The maximum Gasteiger partial charge on any atom is 0.338 e. The van der Waals surface area contributed by atoms with Crippen molar-refractivity contribution in [2.24, 2.45) is 0 Å². The number of benzene rings is 2. The van der Waals surface area contributed by atoms with Crippen molar-refractivity contribution in [1.82, 2.24) is 24.1 Å². The van der Waals surface area contributed by atoms with E-state index < -0.39 is 22.9 Å². The molecule has 9 nitrogen and oxygen atoms in total. The molecule has 0 aliphatic rings. The van der Waals surface area contributed by atoms with E-state index in [1.54, 1.807) is 37.4 Å². The van der Waals surface area contributed by atoms with Crippen LogP contribution in [0, 0.1) is 5.82 Å². The molecule has 0 atom stereocenters. The Kier molecular flexibility index (Phi) is 5.75. The summed E-state index contributed by atoms with van der Waals surface area (Å²) in [6.45, 7) is 2.07. The van der Waals surface area contributed by atoms with Gasteiger partial charge in [-0.1, -0.05) is 5.21 Å². The standard InChI is InChI=1S/C22H18FN5O4/c1-2-32-22(31)15-3-7-19(8-4-15)28-14-17(24-25-28)13-26-11-12-27(21(30)20(26)29)18-9-5-16(23)6-10-18/h3-12,14H,2,13H2,1H3. The normalized spacial score (nSPS) is 10.8. The van der Waals surface area contributed by atoms with E-state index in [0.717, 1.165) is 4.57 Å². The summed E-state index contributed by atoms with van der Waals surface area (Å²) in [5.74, 6) is -0.846. The fraction of sp³-hybridized carbons (Fsp3) is 0.136. The largest absolute Gasteiger partial charge is 0.462 e. The van der Waals surface area contributed by atoms with Crippen LogP contribution in [0.4, 0.5) is 4.39 Å². The fourth-order valence-corrected chi connectivity index (χ4v) is 3.07. The first kappa shape index (κ1) is 20.9. The van der Waals surface area contributed by atoms with Crippen LogP contribution in [-0.4, -0.2) is 36.7 Å². The van der Waals surface area contributed by atoms with Crippen LogP contribution in [0.5, 0.6) is 0 Å². The molecule has 0 fully saturated rings. The molecule has 0 spiro atoms. The fourth-order valence-electron chi connectivity index (χ4n) is 3.07. The number of aromatic nitrogens is 5. The Morgan fingerprint density at radius 1 is 0.969 bits per heavy atom. The molecule has 0 N–H and O–H groups in total. The van der Waals surface area contributed by atoms with Gasteiger partial charge in [0.25, 0.3) is 0 Å². The Morgan fingerprint density at radius 2 is 1.66 bits per heavy atom. The number of ether oxygens (including phenoxy) is 1. The second-order valence-electron chi connectivity index (χ2n) is 6.80. The third kappa shape index (κ3) is 4.24. The SMILES string of the molecule is CCOC(=O)c1ccc(-n2cc(Cn3ccn(-c4ccc(F)cc4)c(=O)c3=O)nn2)cc1. The first-order chi connectivity index (χ1) is 15.5. The van der Waals surface area contributed by atoms with Gasteiger partial charge in [0, 0.05) is 18.1 Å². The Hall–Kier alpha value is -4.34. The Labute approximate surface area is 180 Å². The van der Waals surface area contributed by atoms with Crippen molar-refractivity contribution < 1.29 is 13.9 Å². The van der Waals surface area contributed by atoms with Gasteiger partial charge in [0.2, 0.25) is 0 Å². The van der Waals surface area contributed by atoms with Gasteiger partial charge < -0.3 is 9.30 Å². The molecule has 10 heteroatoms. The van der Waals surface area contributed by atoms with Crippen molar-refractivity contribution in [3.05, 3.63) is 105 Å². The zero-order valence-corrected chi connectivity index (χ0v) is 17.0. The second-order valence-corrected chi connectivity index (χ2v) is 6.80. The monoisotopic (exact) mass is 435 g/mol. The quantitative estimate of drug-likeness (QED) is 0.339. The number of rotatable bonds is 6. The van der Waals surface area contributed by atoms with E-state index in [9.17, 15) is 18.8 Å². The minimum absolute atomic E-state index is 0.0409. The number of carbonyl (C=O) groups excluding carboxylic acids is 1. The molecule has 2 aromatic heterocycles. The average Bonchev–Trinajstić information content (AvgIpc) is 3.27. The maximum atomic E-state index is 13.1. The van der Waals surface area contributed by atoms with Crippen LogP contribution in [0.2, 0.25) is 0 Å². The number of esters is 1. The van der Waals surface area contributed by atoms with Gasteiger partial charge in [0.15, 0.2) is 0 Å². The van der Waals surface area contributed by atoms with Crippen LogP contribution in [0.1, 0.15) is 23.0 Å². The van der Waals surface area contributed by atoms with E-state index in [-0.39, 0.29) is 6.54 Å². The number of hydrogen-bond donors (Lipinski definition) is 0. The molecule has 0 bridgehead atoms. The van der Waals surface area contributed by atoms with E-state index in [1.807, 2.05) is 0 Å². The van der Waals surface area contributed by atoms with Gasteiger partial charge in [-0.05, 0) is 55.5 Å². The second kappa shape index (κ2) is 8.80. The summed E-state index contributed by atoms with van der Waals surface area (Å²) < 4.78 is 21.9. The van der Waals surface area contributed by atoms with Gasteiger partial charge in [0.1, 0.15) is 11.5 Å². The first-order valence-electron chi connectivity index (χ1n) is 9.73. The van der Waals surface area contributed by atoms with Crippen LogP contribution in [0.25, 0.3) is 11.4 Å². The molecule has 0 saturated carbocycles. The van der Waals surface area contributed by atoms with Crippen molar-refractivity contribution in [2.75, 3.05) is 6.61 Å². The lowest BCUT2D eigenvalue weighted by atomic mass is 10.2. The average molecular weight is 435 g/mol. The maximum absolute atomic E-state index is 13.1. The van der Waals surface area contributed by atoms with Crippen LogP contribution in [0.15, 0.2) is 76.7 Å². The molecular weight excluding hydrogens is 417 g/mol. The van der Waals surface area contributed by atoms with Crippen molar-refractivity contribution in [3.8, 4) is 11.4 Å². The predicted molar refractivity (Wildman–Crippen MR) is 113 cm³/mol. The highest BCUT2D eigenvalue weighted by atomic mass is 19.1. The molecular formula is C22H18FN5O4. The topological polar surface area (TPSA) is 101 Å². The van der Waals surface area contributed by atoms with Crippen LogP contribution >= 0.6 is 0 Å². The number of carbonyl (C=O) groups is 1. The lowest BCUT2D eigenvalue weighted by molar-refractivity contribution is 0.0526. The molecule has 4 aromatic rings. The molecule has 0 amide bonds. The summed E-state index contributed by atoms with van der Waals surface area (Å²) in [5, 5.41) is 8.08. The third-order valence-electron chi connectivity index (χ3n) is 4.68. The summed E-state index contributed by atoms with van der Waals surface area (Å²) in [6.07, 6.45) is 4.52. The summed E-state index contributed by atoms with van der Waals surface area (Å²) in [7, 11) is 0. The summed E-state index contributed by atoms with van der Waals surface area (Å²) in [5.41, 5.74) is 0.421. The molecule has 4 rings (SSSR count). The van der Waals surface area contributed by atoms with E-state index in [2.05, 4.69) is 10.3 Å². The number of hydrogen-bond acceptors (Lipinski definition) is 6. The smallest absolute Gasteiger partial charge is 0.338 e. The number of halogens is 1. The third-order valence-corrected chi connectivity index (χ3v) is 4.68. The van der Waals surface area contributed by atoms with Gasteiger partial charge in [-0.2, -0.15) is 0 Å². The molecule has 0 saturated heterocycles. The molecule has 2 aromatic carbocycles. The van der Waals surface area contributed by atoms with E-state index in [1.165, 1.54) is 45.9 Å². The highest BCUT2D eigenvalue weighted by Gasteiger charge is 2.11. The van der Waals surface area contributed by atoms with Crippen molar-refractivity contribution in [3.63, 3.8) is 0 Å². The highest BCUT2D eigenvalue weighted by Crippen LogP contribution is 2.11. The molecule has 32 heavy (non-hydrogen) atoms. The molecule has 0 aliphatic carbocycles. The molecule has 162 valence electrons. The molecule has 0 unspecified atom stereocenters. The summed E-state index contributed by atoms with van der Waals surface area (Å²) >= 11 is 0. The summed E-state index contributed by atoms with van der Waals surface area (Å²) in [4.78, 5) is 36.8. The lowest BCUT2D eigenvalue weighted by Gasteiger charge is -2.08. The van der Waals surface area contributed by atoms with Crippen LogP contribution < -0.4 is 11.1 Å². The summed E-state index contributed by atoms with van der Waals surface area (Å²) in [6, 6.07) is 11.9.